The van der Waals surface area contributed by atoms with E-state index in [4.69, 9.17) is 0 Å². The van der Waals surface area contributed by atoms with E-state index in [1.54, 1.807) is 6.92 Å². The topological polar surface area (TPSA) is 90.8 Å². The van der Waals surface area contributed by atoms with E-state index in [0.717, 1.165) is 11.3 Å². The molecule has 0 unspecified atom stereocenters. The molecule has 2 N–H and O–H groups in total. The number of alkyl halides is 2. The predicted octanol–water partition coefficient (Wildman–Crippen LogP) is 3.63. The lowest BCUT2D eigenvalue weighted by atomic mass is 10.1. The molecule has 0 saturated carbocycles. The van der Waals surface area contributed by atoms with Gasteiger partial charge >= 0.3 is 6.61 Å². The van der Waals surface area contributed by atoms with Crippen molar-refractivity contribution in [3.8, 4) is 11.8 Å². The molecule has 1 aromatic carbocycles. The fourth-order valence-electron chi connectivity index (χ4n) is 2.90. The van der Waals surface area contributed by atoms with Crippen molar-refractivity contribution in [2.45, 2.75) is 27.0 Å². The first-order valence-electron chi connectivity index (χ1n) is 8.10. The number of fused-ring (bicyclic) bond motifs is 1. The molecule has 3 rings (SSSR count). The Labute approximate surface area is 153 Å². The number of hydrogen-bond acceptors (Lipinski definition) is 5. The smallest absolute Gasteiger partial charge is 0.387 e. The Morgan fingerprint density at radius 1 is 1.33 bits per heavy atom. The standard InChI is InChI=1S/C19H16F2N4O2/c1-10-5-11(2)25-18(26)15(10)9-24-17-12(7-22)8-23-16-4-3-13(6-14(16)17)27-19(20)21/h3-6,8,19H,9H2,1-2H3,(H,23,24)(H,25,26). The van der Waals surface area contributed by atoms with Crippen LogP contribution in [0.4, 0.5) is 14.5 Å². The van der Waals surface area contributed by atoms with E-state index in [2.05, 4.69) is 20.0 Å². The third-order valence-corrected chi connectivity index (χ3v) is 4.12. The van der Waals surface area contributed by atoms with Gasteiger partial charge in [-0.2, -0.15) is 14.0 Å². The average molecular weight is 370 g/mol. The summed E-state index contributed by atoms with van der Waals surface area (Å²) in [5, 5.41) is 12.9. The van der Waals surface area contributed by atoms with Crippen LogP contribution in [0.2, 0.25) is 0 Å². The van der Waals surface area contributed by atoms with Gasteiger partial charge in [-0.25, -0.2) is 0 Å². The zero-order valence-electron chi connectivity index (χ0n) is 14.6. The summed E-state index contributed by atoms with van der Waals surface area (Å²) in [4.78, 5) is 19.1. The number of aromatic amines is 1. The highest BCUT2D eigenvalue weighted by molar-refractivity contribution is 5.94. The molecule has 6 nitrogen and oxygen atoms in total. The number of aryl methyl sites for hydroxylation is 2. The zero-order chi connectivity index (χ0) is 19.6. The lowest BCUT2D eigenvalue weighted by Gasteiger charge is -2.14. The quantitative estimate of drug-likeness (QED) is 0.716. The number of aromatic nitrogens is 2. The molecular formula is C19H16F2N4O2. The second-order valence-electron chi connectivity index (χ2n) is 6.01. The Morgan fingerprint density at radius 2 is 2.11 bits per heavy atom. The fraction of sp³-hybridized carbons (Fsp3) is 0.211. The van der Waals surface area contributed by atoms with E-state index in [1.165, 1.54) is 24.4 Å². The molecule has 0 fully saturated rings. The minimum atomic E-state index is -2.96. The first-order valence-corrected chi connectivity index (χ1v) is 8.10. The number of anilines is 1. The highest BCUT2D eigenvalue weighted by Gasteiger charge is 2.13. The van der Waals surface area contributed by atoms with Crippen molar-refractivity contribution in [2.24, 2.45) is 0 Å². The molecular weight excluding hydrogens is 354 g/mol. The maximum absolute atomic E-state index is 12.5. The first kappa shape index (κ1) is 18.3. The van der Waals surface area contributed by atoms with Crippen LogP contribution in [0.3, 0.4) is 0 Å². The summed E-state index contributed by atoms with van der Waals surface area (Å²) in [5.74, 6) is -0.0400. The number of nitrogens with zero attached hydrogens (tertiary/aromatic N) is 2. The maximum Gasteiger partial charge on any atom is 0.387 e. The number of nitriles is 1. The van der Waals surface area contributed by atoms with Crippen LogP contribution in [0.1, 0.15) is 22.4 Å². The normalized spacial score (nSPS) is 10.8. The molecule has 0 aliphatic carbocycles. The fourth-order valence-corrected chi connectivity index (χ4v) is 2.90. The van der Waals surface area contributed by atoms with Gasteiger partial charge in [0.25, 0.3) is 5.56 Å². The van der Waals surface area contributed by atoms with Crippen LogP contribution < -0.4 is 15.6 Å². The molecule has 0 atom stereocenters. The van der Waals surface area contributed by atoms with Crippen molar-refractivity contribution in [3.05, 3.63) is 63.2 Å². The first-order chi connectivity index (χ1) is 12.9. The van der Waals surface area contributed by atoms with Crippen LogP contribution in [0.15, 0.2) is 35.3 Å². The Morgan fingerprint density at radius 3 is 2.78 bits per heavy atom. The summed E-state index contributed by atoms with van der Waals surface area (Å²) in [6.45, 7) is 0.818. The van der Waals surface area contributed by atoms with Gasteiger partial charge in [-0.1, -0.05) is 0 Å². The second-order valence-corrected chi connectivity index (χ2v) is 6.01. The van der Waals surface area contributed by atoms with Gasteiger partial charge in [0.2, 0.25) is 0 Å². The van der Waals surface area contributed by atoms with Crippen LogP contribution >= 0.6 is 0 Å². The second kappa shape index (κ2) is 7.41. The van der Waals surface area contributed by atoms with E-state index in [-0.39, 0.29) is 23.4 Å². The zero-order valence-corrected chi connectivity index (χ0v) is 14.6. The molecule has 138 valence electrons. The van der Waals surface area contributed by atoms with Gasteiger partial charge in [-0.15, -0.1) is 0 Å². The van der Waals surface area contributed by atoms with Crippen molar-refractivity contribution < 1.29 is 13.5 Å². The van der Waals surface area contributed by atoms with E-state index in [9.17, 15) is 18.8 Å². The average Bonchev–Trinajstić information content (AvgIpc) is 2.60. The van der Waals surface area contributed by atoms with Crippen LogP contribution in [0.5, 0.6) is 5.75 Å². The van der Waals surface area contributed by atoms with E-state index in [0.29, 0.717) is 22.2 Å². The van der Waals surface area contributed by atoms with Gasteiger partial charge in [0.15, 0.2) is 0 Å². The monoisotopic (exact) mass is 370 g/mol. The molecule has 0 amide bonds. The largest absolute Gasteiger partial charge is 0.435 e. The molecule has 0 radical (unpaired) electrons. The minimum absolute atomic E-state index is 0.0400. The molecule has 27 heavy (non-hydrogen) atoms. The van der Waals surface area contributed by atoms with Crippen molar-refractivity contribution in [1.82, 2.24) is 9.97 Å². The number of rotatable bonds is 5. The number of nitrogens with one attached hydrogen (secondary N) is 2. The van der Waals surface area contributed by atoms with Crippen LogP contribution in [0, 0.1) is 25.2 Å². The van der Waals surface area contributed by atoms with Gasteiger partial charge in [-0.3, -0.25) is 9.78 Å². The van der Waals surface area contributed by atoms with Gasteiger partial charge in [0.1, 0.15) is 11.8 Å². The Balaban J connectivity index is 2.04. The van der Waals surface area contributed by atoms with Gasteiger partial charge < -0.3 is 15.0 Å². The van der Waals surface area contributed by atoms with Crippen molar-refractivity contribution >= 4 is 16.6 Å². The highest BCUT2D eigenvalue weighted by atomic mass is 19.3. The third-order valence-electron chi connectivity index (χ3n) is 4.12. The van der Waals surface area contributed by atoms with Gasteiger partial charge in [0, 0.05) is 29.4 Å². The van der Waals surface area contributed by atoms with Crippen molar-refractivity contribution in [2.75, 3.05) is 5.32 Å². The summed E-state index contributed by atoms with van der Waals surface area (Å²) in [7, 11) is 0. The summed E-state index contributed by atoms with van der Waals surface area (Å²) in [6.07, 6.45) is 1.39. The molecule has 3 aromatic rings. The molecule has 0 aliphatic heterocycles. The maximum atomic E-state index is 12.5. The lowest BCUT2D eigenvalue weighted by Crippen LogP contribution is -2.18. The number of H-pyrrole nitrogens is 1. The van der Waals surface area contributed by atoms with E-state index in [1.807, 2.05) is 19.1 Å². The Kier molecular flexibility index (Phi) is 5.03. The SMILES string of the molecule is Cc1cc(C)c(CNc2c(C#N)cnc3ccc(OC(F)F)cc23)c(=O)[nH]1. The number of benzene rings is 1. The van der Waals surface area contributed by atoms with Crippen LogP contribution in [-0.4, -0.2) is 16.6 Å². The molecule has 2 heterocycles. The summed E-state index contributed by atoms with van der Waals surface area (Å²) >= 11 is 0. The lowest BCUT2D eigenvalue weighted by molar-refractivity contribution is -0.0497. The molecule has 0 spiro atoms. The number of hydrogen-bond donors (Lipinski definition) is 2. The number of halogens is 2. The third kappa shape index (κ3) is 3.87. The molecule has 0 bridgehead atoms. The highest BCUT2D eigenvalue weighted by Crippen LogP contribution is 2.30. The molecule has 0 saturated heterocycles. The molecule has 2 aromatic heterocycles. The van der Waals surface area contributed by atoms with Crippen LogP contribution in [-0.2, 0) is 6.54 Å². The summed E-state index contributed by atoms with van der Waals surface area (Å²) in [6, 6.07) is 8.18. The number of ether oxygens (including phenoxy) is 1. The Bertz CT molecular complexity index is 1100. The molecule has 8 heteroatoms. The predicted molar refractivity (Wildman–Crippen MR) is 97.0 cm³/mol. The van der Waals surface area contributed by atoms with Gasteiger partial charge in [-0.05, 0) is 43.7 Å². The Hall–Kier alpha value is -3.47. The van der Waals surface area contributed by atoms with Crippen LogP contribution in [0.25, 0.3) is 10.9 Å². The van der Waals surface area contributed by atoms with Gasteiger partial charge in [0.05, 0.1) is 16.8 Å². The van der Waals surface area contributed by atoms with E-state index < -0.39 is 6.61 Å². The van der Waals surface area contributed by atoms with E-state index >= 15 is 0 Å². The molecule has 0 aliphatic rings. The summed E-state index contributed by atoms with van der Waals surface area (Å²) in [5.41, 5.74) is 3.00. The number of pyridine rings is 2. The van der Waals surface area contributed by atoms with Crippen molar-refractivity contribution in [3.63, 3.8) is 0 Å². The minimum Gasteiger partial charge on any atom is -0.435 e. The summed E-state index contributed by atoms with van der Waals surface area (Å²) < 4.78 is 29.5. The van der Waals surface area contributed by atoms with Crippen molar-refractivity contribution in [1.29, 1.82) is 5.26 Å².